The van der Waals surface area contributed by atoms with Crippen LogP contribution in [0.15, 0.2) is 52.5 Å². The lowest BCUT2D eigenvalue weighted by molar-refractivity contribution is -0.0261. The minimum atomic E-state index is -0.291. The van der Waals surface area contributed by atoms with E-state index in [2.05, 4.69) is 33.5 Å². The molecule has 1 saturated heterocycles. The van der Waals surface area contributed by atoms with E-state index in [4.69, 9.17) is 9.47 Å². The second-order valence-electron chi connectivity index (χ2n) is 8.11. The number of fused-ring (bicyclic) bond motifs is 1. The molecule has 33 heavy (non-hydrogen) atoms. The number of benzene rings is 1. The van der Waals surface area contributed by atoms with Crippen molar-refractivity contribution in [2.45, 2.75) is 26.0 Å². The number of hydrogen-bond donors (Lipinski definition) is 0. The molecule has 0 aliphatic carbocycles. The molecule has 1 fully saturated rings. The quantitative estimate of drug-likeness (QED) is 0.525. The number of nitrogens with zero attached hydrogens (tertiary/aromatic N) is 6. The summed E-state index contributed by atoms with van der Waals surface area (Å²) in [4.78, 5) is 24.3. The summed E-state index contributed by atoms with van der Waals surface area (Å²) in [5.74, 6) is 0.761. The predicted octanol–water partition coefficient (Wildman–Crippen LogP) is 0.645. The Morgan fingerprint density at radius 1 is 1.36 bits per heavy atom. The van der Waals surface area contributed by atoms with Crippen molar-refractivity contribution in [2.24, 2.45) is 4.99 Å². The fourth-order valence-corrected chi connectivity index (χ4v) is 4.15. The van der Waals surface area contributed by atoms with E-state index in [0.29, 0.717) is 24.2 Å². The van der Waals surface area contributed by atoms with Gasteiger partial charge in [-0.15, -0.1) is 0 Å². The number of ether oxygens (including phenoxy) is 2. The van der Waals surface area contributed by atoms with E-state index in [1.807, 2.05) is 30.3 Å². The van der Waals surface area contributed by atoms with Crippen molar-refractivity contribution in [3.05, 3.63) is 69.5 Å². The van der Waals surface area contributed by atoms with E-state index in [9.17, 15) is 4.79 Å². The van der Waals surface area contributed by atoms with E-state index in [0.717, 1.165) is 48.2 Å². The second kappa shape index (κ2) is 10.1. The van der Waals surface area contributed by atoms with Crippen LogP contribution in [0.3, 0.4) is 0 Å². The summed E-state index contributed by atoms with van der Waals surface area (Å²) < 4.78 is 13.9. The number of morpholine rings is 1. The highest BCUT2D eigenvalue weighted by atomic mass is 16.5. The lowest BCUT2D eigenvalue weighted by Crippen LogP contribution is -2.48. The second-order valence-corrected chi connectivity index (χ2v) is 8.11. The number of methoxy groups -OCH3 is 1. The molecule has 0 saturated carbocycles. The van der Waals surface area contributed by atoms with Gasteiger partial charge in [0.2, 0.25) is 0 Å². The molecule has 2 aromatic heterocycles. The third-order valence-corrected chi connectivity index (χ3v) is 5.86. The Bertz CT molecular complexity index is 1310. The van der Waals surface area contributed by atoms with Gasteiger partial charge in [-0.3, -0.25) is 14.5 Å². The fraction of sp³-hybridized carbons (Fsp3) is 0.417. The molecule has 174 valence electrons. The lowest BCUT2D eigenvalue weighted by atomic mass is 10.1. The molecule has 0 amide bonds. The maximum absolute atomic E-state index is 13.2. The zero-order chi connectivity index (χ0) is 23.4. The SMILES string of the molecule is C=C(/C=c1\c(=NC)n(Cc2ccc(OC)cc2)c(=O)n2ncnc12)CN1CCOC(CC)C1. The first kappa shape index (κ1) is 22.9. The molecular weight excluding hydrogens is 420 g/mol. The van der Waals surface area contributed by atoms with Gasteiger partial charge in [-0.2, -0.15) is 9.61 Å². The van der Waals surface area contributed by atoms with E-state index in [1.165, 1.54) is 10.8 Å². The third-order valence-electron chi connectivity index (χ3n) is 5.86. The molecule has 1 unspecified atom stereocenters. The fourth-order valence-electron chi connectivity index (χ4n) is 4.15. The van der Waals surface area contributed by atoms with Crippen LogP contribution in [0.5, 0.6) is 5.75 Å². The maximum Gasteiger partial charge on any atom is 0.352 e. The first-order valence-electron chi connectivity index (χ1n) is 11.1. The van der Waals surface area contributed by atoms with Crippen molar-refractivity contribution in [2.75, 3.05) is 40.4 Å². The minimum Gasteiger partial charge on any atom is -0.497 e. The van der Waals surface area contributed by atoms with Crippen molar-refractivity contribution >= 4 is 11.7 Å². The molecule has 1 atom stereocenters. The van der Waals surface area contributed by atoms with Gasteiger partial charge in [-0.25, -0.2) is 9.78 Å². The molecule has 1 aliphatic rings. The van der Waals surface area contributed by atoms with Gasteiger partial charge in [0, 0.05) is 26.7 Å². The van der Waals surface area contributed by atoms with Gasteiger partial charge < -0.3 is 9.47 Å². The summed E-state index contributed by atoms with van der Waals surface area (Å²) in [7, 11) is 3.31. The van der Waals surface area contributed by atoms with Gasteiger partial charge in [-0.1, -0.05) is 25.6 Å². The van der Waals surface area contributed by atoms with Crippen molar-refractivity contribution < 1.29 is 9.47 Å². The topological polar surface area (TPSA) is 86.2 Å². The number of aromatic nitrogens is 4. The van der Waals surface area contributed by atoms with E-state index in [-0.39, 0.29) is 11.8 Å². The Morgan fingerprint density at radius 2 is 2.15 bits per heavy atom. The van der Waals surface area contributed by atoms with E-state index in [1.54, 1.807) is 18.7 Å². The molecule has 9 heteroatoms. The number of hydrogen-bond acceptors (Lipinski definition) is 7. The van der Waals surface area contributed by atoms with Gasteiger partial charge >= 0.3 is 5.69 Å². The van der Waals surface area contributed by atoms with Crippen molar-refractivity contribution in [1.82, 2.24) is 24.1 Å². The monoisotopic (exact) mass is 450 g/mol. The van der Waals surface area contributed by atoms with Crippen LogP contribution in [-0.2, 0) is 11.3 Å². The molecule has 1 aliphatic heterocycles. The lowest BCUT2D eigenvalue weighted by Gasteiger charge is -2.32. The van der Waals surface area contributed by atoms with Gasteiger partial charge in [0.05, 0.1) is 31.6 Å². The third kappa shape index (κ3) is 4.89. The molecule has 0 bridgehead atoms. The van der Waals surface area contributed by atoms with Crippen molar-refractivity contribution in [1.29, 1.82) is 0 Å². The maximum atomic E-state index is 13.2. The van der Waals surface area contributed by atoms with Crippen LogP contribution < -0.4 is 21.1 Å². The molecule has 0 radical (unpaired) electrons. The average Bonchev–Trinajstić information content (AvgIpc) is 3.33. The molecule has 0 spiro atoms. The summed E-state index contributed by atoms with van der Waals surface area (Å²) >= 11 is 0. The molecular formula is C24H30N6O3. The predicted molar refractivity (Wildman–Crippen MR) is 126 cm³/mol. The Morgan fingerprint density at radius 3 is 2.85 bits per heavy atom. The van der Waals surface area contributed by atoms with Crippen LogP contribution in [0.25, 0.3) is 11.7 Å². The largest absolute Gasteiger partial charge is 0.497 e. The Kier molecular flexibility index (Phi) is 7.00. The zero-order valence-electron chi connectivity index (χ0n) is 19.4. The van der Waals surface area contributed by atoms with Crippen LogP contribution in [0.2, 0.25) is 0 Å². The molecule has 9 nitrogen and oxygen atoms in total. The summed E-state index contributed by atoms with van der Waals surface area (Å²) in [6.07, 6.45) is 4.60. The number of rotatable bonds is 7. The van der Waals surface area contributed by atoms with E-state index >= 15 is 0 Å². The van der Waals surface area contributed by atoms with Crippen molar-refractivity contribution in [3.8, 4) is 5.75 Å². The molecule has 1 aromatic carbocycles. The first-order valence-corrected chi connectivity index (χ1v) is 11.1. The zero-order valence-corrected chi connectivity index (χ0v) is 19.4. The van der Waals surface area contributed by atoms with Gasteiger partial charge in [0.1, 0.15) is 17.6 Å². The average molecular weight is 451 g/mol. The Balaban J connectivity index is 1.74. The summed E-state index contributed by atoms with van der Waals surface area (Å²) in [5, 5.41) is 4.89. The highest BCUT2D eigenvalue weighted by Gasteiger charge is 2.19. The smallest absolute Gasteiger partial charge is 0.352 e. The Labute approximate surface area is 192 Å². The van der Waals surface area contributed by atoms with Crippen LogP contribution in [0.1, 0.15) is 18.9 Å². The van der Waals surface area contributed by atoms with Gasteiger partial charge in [-0.05, 0) is 35.8 Å². The van der Waals surface area contributed by atoms with Crippen LogP contribution in [0.4, 0.5) is 0 Å². The van der Waals surface area contributed by atoms with Crippen LogP contribution in [-0.4, -0.2) is 70.6 Å². The standard InChI is InChI=1S/C24H30N6O3/c1-5-19-15-28(10-11-33-19)13-17(2)12-21-22(25-3)29(24(31)30-23(21)26-16-27-30)14-18-6-8-20(32-4)9-7-18/h6-9,12,16,19H,2,5,10-11,13-15H2,1,3-4H3/b21-12+,25-22?. The summed E-state index contributed by atoms with van der Waals surface area (Å²) in [6.45, 7) is 9.94. The van der Waals surface area contributed by atoms with E-state index < -0.39 is 0 Å². The van der Waals surface area contributed by atoms with Crippen LogP contribution in [0, 0.1) is 0 Å². The molecule has 3 aromatic rings. The summed E-state index contributed by atoms with van der Waals surface area (Å²) in [5.41, 5.74) is 2.59. The first-order chi connectivity index (χ1) is 16.0. The molecule has 3 heterocycles. The normalized spacial score (nSPS) is 18.2. The highest BCUT2D eigenvalue weighted by Crippen LogP contribution is 2.12. The highest BCUT2D eigenvalue weighted by molar-refractivity contribution is 5.53. The van der Waals surface area contributed by atoms with Gasteiger partial charge in [0.15, 0.2) is 5.65 Å². The Hall–Kier alpha value is -3.30. The van der Waals surface area contributed by atoms with Crippen LogP contribution >= 0.6 is 0 Å². The van der Waals surface area contributed by atoms with Crippen molar-refractivity contribution in [3.63, 3.8) is 0 Å². The molecule has 0 N–H and O–H groups in total. The molecule has 4 rings (SSSR count). The minimum absolute atomic E-state index is 0.252. The van der Waals surface area contributed by atoms with Gasteiger partial charge in [0.25, 0.3) is 0 Å². The summed E-state index contributed by atoms with van der Waals surface area (Å²) in [6, 6.07) is 7.61.